The summed E-state index contributed by atoms with van der Waals surface area (Å²) in [4.78, 5) is 11.2. The summed E-state index contributed by atoms with van der Waals surface area (Å²) in [6, 6.07) is 9.64. The van der Waals surface area contributed by atoms with E-state index in [0.29, 0.717) is 13.0 Å². The maximum absolute atomic E-state index is 11.2. The number of cyclic esters (lactones) is 1. The van der Waals surface area contributed by atoms with E-state index in [9.17, 15) is 9.90 Å². The Morgan fingerprint density at radius 1 is 1.35 bits per heavy atom. The predicted octanol–water partition coefficient (Wildman–Crippen LogP) is 1.27. The number of aliphatic hydroxyl groups is 1. The quantitative estimate of drug-likeness (QED) is 0.800. The van der Waals surface area contributed by atoms with Crippen molar-refractivity contribution in [1.82, 2.24) is 0 Å². The molecule has 0 unspecified atom stereocenters. The van der Waals surface area contributed by atoms with Gasteiger partial charge >= 0.3 is 5.97 Å². The zero-order valence-electron chi connectivity index (χ0n) is 9.70. The van der Waals surface area contributed by atoms with Gasteiger partial charge in [-0.1, -0.05) is 37.3 Å². The molecule has 3 atom stereocenters. The molecule has 0 amide bonds. The van der Waals surface area contributed by atoms with Gasteiger partial charge in [-0.3, -0.25) is 0 Å². The molecule has 1 heterocycles. The van der Waals surface area contributed by atoms with E-state index in [4.69, 9.17) is 9.47 Å². The van der Waals surface area contributed by atoms with E-state index in [1.165, 1.54) is 0 Å². The first kappa shape index (κ1) is 12.1. The van der Waals surface area contributed by atoms with Gasteiger partial charge in [0.2, 0.25) is 0 Å². The lowest BCUT2D eigenvalue weighted by molar-refractivity contribution is -0.147. The molecule has 0 bridgehead atoms. The third kappa shape index (κ3) is 2.65. The number of hydrogen-bond acceptors (Lipinski definition) is 4. The Balaban J connectivity index is 1.96. The number of aliphatic hydroxyl groups excluding tert-OH is 1. The lowest BCUT2D eigenvalue weighted by Crippen LogP contribution is -2.33. The van der Waals surface area contributed by atoms with E-state index in [1.807, 2.05) is 37.3 Å². The minimum Gasteiger partial charge on any atom is -0.457 e. The van der Waals surface area contributed by atoms with Gasteiger partial charge in [-0.2, -0.15) is 0 Å². The number of rotatable bonds is 4. The topological polar surface area (TPSA) is 55.8 Å². The van der Waals surface area contributed by atoms with Crippen molar-refractivity contribution in [2.75, 3.05) is 0 Å². The van der Waals surface area contributed by atoms with Crippen LogP contribution in [0.2, 0.25) is 0 Å². The minimum absolute atomic E-state index is 0.346. The van der Waals surface area contributed by atoms with E-state index >= 15 is 0 Å². The highest BCUT2D eigenvalue weighted by atomic mass is 16.6. The van der Waals surface area contributed by atoms with Crippen molar-refractivity contribution >= 4 is 5.97 Å². The third-order valence-electron chi connectivity index (χ3n) is 2.87. The largest absolute Gasteiger partial charge is 0.457 e. The molecular weight excluding hydrogens is 220 g/mol. The van der Waals surface area contributed by atoms with Crippen LogP contribution >= 0.6 is 0 Å². The normalized spacial score (nSPS) is 28.1. The van der Waals surface area contributed by atoms with Crippen molar-refractivity contribution < 1.29 is 19.4 Å². The van der Waals surface area contributed by atoms with Crippen LogP contribution in [0.5, 0.6) is 0 Å². The van der Waals surface area contributed by atoms with Gasteiger partial charge in [0, 0.05) is 0 Å². The summed E-state index contributed by atoms with van der Waals surface area (Å²) in [7, 11) is 0. The Labute approximate surface area is 100 Å². The average molecular weight is 236 g/mol. The zero-order chi connectivity index (χ0) is 12.3. The molecule has 0 saturated carbocycles. The molecule has 1 aliphatic heterocycles. The van der Waals surface area contributed by atoms with Crippen LogP contribution in [0.3, 0.4) is 0 Å². The van der Waals surface area contributed by atoms with E-state index in [0.717, 1.165) is 5.56 Å². The first-order chi connectivity index (χ1) is 8.22. The Hall–Kier alpha value is -1.39. The average Bonchev–Trinajstić information content (AvgIpc) is 2.64. The standard InChI is InChI=1S/C13H16O4/c1-2-10-12(11(14)13(15)17-10)16-8-9-6-4-3-5-7-9/h3-7,10-12,14H,2,8H2,1H3/t10-,11-,12-/m1/s1. The van der Waals surface area contributed by atoms with Crippen molar-refractivity contribution in [3.8, 4) is 0 Å². The van der Waals surface area contributed by atoms with E-state index in [1.54, 1.807) is 0 Å². The number of benzene rings is 1. The summed E-state index contributed by atoms with van der Waals surface area (Å²) >= 11 is 0. The zero-order valence-corrected chi connectivity index (χ0v) is 9.70. The summed E-state index contributed by atoms with van der Waals surface area (Å²) in [5.41, 5.74) is 1.01. The Bertz CT molecular complexity index is 376. The van der Waals surface area contributed by atoms with Crippen LogP contribution in [0.15, 0.2) is 30.3 Å². The molecule has 0 aromatic heterocycles. The van der Waals surface area contributed by atoms with Crippen LogP contribution in [0.1, 0.15) is 18.9 Å². The molecule has 1 fully saturated rings. The molecule has 1 N–H and O–H groups in total. The van der Waals surface area contributed by atoms with Crippen LogP contribution < -0.4 is 0 Å². The molecule has 2 rings (SSSR count). The Morgan fingerprint density at radius 3 is 2.71 bits per heavy atom. The van der Waals surface area contributed by atoms with Gasteiger partial charge in [0.05, 0.1) is 6.61 Å². The fraction of sp³-hybridized carbons (Fsp3) is 0.462. The molecular formula is C13H16O4. The second-order valence-corrected chi connectivity index (χ2v) is 4.09. The molecule has 0 radical (unpaired) electrons. The van der Waals surface area contributed by atoms with Crippen LogP contribution in [-0.2, 0) is 20.9 Å². The van der Waals surface area contributed by atoms with E-state index < -0.39 is 18.2 Å². The van der Waals surface area contributed by atoms with Gasteiger partial charge < -0.3 is 14.6 Å². The molecule has 1 saturated heterocycles. The second kappa shape index (κ2) is 5.29. The summed E-state index contributed by atoms with van der Waals surface area (Å²) in [5, 5.41) is 9.64. The van der Waals surface area contributed by atoms with E-state index in [-0.39, 0.29) is 6.10 Å². The highest BCUT2D eigenvalue weighted by Gasteiger charge is 2.43. The first-order valence-corrected chi connectivity index (χ1v) is 5.76. The summed E-state index contributed by atoms with van der Waals surface area (Å²) < 4.78 is 10.6. The number of carbonyl (C=O) groups excluding carboxylic acids is 1. The Kier molecular flexibility index (Phi) is 3.76. The Morgan fingerprint density at radius 2 is 2.06 bits per heavy atom. The molecule has 0 spiro atoms. The number of hydrogen-bond donors (Lipinski definition) is 1. The van der Waals surface area contributed by atoms with Crippen LogP contribution in [0.25, 0.3) is 0 Å². The molecule has 92 valence electrons. The fourth-order valence-electron chi connectivity index (χ4n) is 1.90. The van der Waals surface area contributed by atoms with Gasteiger partial charge in [0.1, 0.15) is 12.2 Å². The monoisotopic (exact) mass is 236 g/mol. The molecule has 1 aromatic carbocycles. The fourth-order valence-corrected chi connectivity index (χ4v) is 1.90. The minimum atomic E-state index is -1.16. The maximum Gasteiger partial charge on any atom is 0.338 e. The third-order valence-corrected chi connectivity index (χ3v) is 2.87. The van der Waals surface area contributed by atoms with E-state index in [2.05, 4.69) is 0 Å². The molecule has 4 heteroatoms. The summed E-state index contributed by atoms with van der Waals surface area (Å²) in [5.74, 6) is -0.588. The summed E-state index contributed by atoms with van der Waals surface area (Å²) in [6.07, 6.45) is -1.43. The molecule has 4 nitrogen and oxygen atoms in total. The van der Waals surface area contributed by atoms with Crippen molar-refractivity contribution in [1.29, 1.82) is 0 Å². The first-order valence-electron chi connectivity index (χ1n) is 5.76. The van der Waals surface area contributed by atoms with Crippen LogP contribution in [-0.4, -0.2) is 29.4 Å². The van der Waals surface area contributed by atoms with Crippen molar-refractivity contribution in [2.24, 2.45) is 0 Å². The van der Waals surface area contributed by atoms with Gasteiger partial charge in [0.15, 0.2) is 6.10 Å². The van der Waals surface area contributed by atoms with Gasteiger partial charge in [-0.15, -0.1) is 0 Å². The highest BCUT2D eigenvalue weighted by Crippen LogP contribution is 2.22. The number of esters is 1. The lowest BCUT2D eigenvalue weighted by Gasteiger charge is -2.18. The number of carbonyl (C=O) groups is 1. The highest BCUT2D eigenvalue weighted by molar-refractivity contribution is 5.77. The molecule has 17 heavy (non-hydrogen) atoms. The van der Waals surface area contributed by atoms with Gasteiger partial charge in [-0.05, 0) is 12.0 Å². The summed E-state index contributed by atoms with van der Waals surface area (Å²) in [6.45, 7) is 2.27. The maximum atomic E-state index is 11.2. The smallest absolute Gasteiger partial charge is 0.338 e. The van der Waals surface area contributed by atoms with Crippen molar-refractivity contribution in [3.63, 3.8) is 0 Å². The van der Waals surface area contributed by atoms with Crippen LogP contribution in [0.4, 0.5) is 0 Å². The van der Waals surface area contributed by atoms with Gasteiger partial charge in [-0.25, -0.2) is 4.79 Å². The lowest BCUT2D eigenvalue weighted by atomic mass is 10.1. The predicted molar refractivity (Wildman–Crippen MR) is 61.2 cm³/mol. The molecule has 1 aromatic rings. The molecule has 0 aliphatic carbocycles. The second-order valence-electron chi connectivity index (χ2n) is 4.09. The van der Waals surface area contributed by atoms with Crippen molar-refractivity contribution in [2.45, 2.75) is 38.3 Å². The SMILES string of the molecule is CC[C@H]1OC(=O)[C@H](O)[C@@H]1OCc1ccccc1. The molecule has 1 aliphatic rings. The van der Waals surface area contributed by atoms with Crippen LogP contribution in [0, 0.1) is 0 Å². The van der Waals surface area contributed by atoms with Crippen molar-refractivity contribution in [3.05, 3.63) is 35.9 Å². The van der Waals surface area contributed by atoms with Gasteiger partial charge in [0.25, 0.3) is 0 Å². The number of ether oxygens (including phenoxy) is 2.